The second-order valence-corrected chi connectivity index (χ2v) is 3.60. The fraction of sp³-hybridized carbons (Fsp3) is 0.909. The van der Waals surface area contributed by atoms with E-state index in [0.29, 0.717) is 13.0 Å². The maximum atomic E-state index is 11.1. The van der Waals surface area contributed by atoms with E-state index in [1.54, 1.807) is 0 Å². The quantitative estimate of drug-likeness (QED) is 0.484. The van der Waals surface area contributed by atoms with Crippen LogP contribution >= 0.6 is 0 Å². The summed E-state index contributed by atoms with van der Waals surface area (Å²) in [5, 5.41) is 0. The molecule has 0 fully saturated rings. The summed E-state index contributed by atoms with van der Waals surface area (Å²) in [6, 6.07) is -0.439. The molecule has 3 heteroatoms. The third-order valence-corrected chi connectivity index (χ3v) is 2.23. The molecule has 1 atom stereocenters. The number of carbonyl (C=O) groups excluding carboxylic acids is 1. The highest BCUT2D eigenvalue weighted by Gasteiger charge is 2.11. The number of nitrogens with two attached hydrogens (primary N) is 1. The Balaban J connectivity index is 3.23. The van der Waals surface area contributed by atoms with Crippen LogP contribution < -0.4 is 5.73 Å². The lowest BCUT2D eigenvalue weighted by atomic mass is 10.2. The van der Waals surface area contributed by atoms with Gasteiger partial charge < -0.3 is 10.5 Å². The van der Waals surface area contributed by atoms with Crippen LogP contribution in [-0.2, 0) is 9.53 Å². The maximum Gasteiger partial charge on any atom is 0.322 e. The molecule has 2 N–H and O–H groups in total. The summed E-state index contributed by atoms with van der Waals surface area (Å²) in [6.45, 7) is 4.59. The molecule has 0 heterocycles. The highest BCUT2D eigenvalue weighted by molar-refractivity contribution is 5.75. The van der Waals surface area contributed by atoms with E-state index in [4.69, 9.17) is 10.5 Å². The summed E-state index contributed by atoms with van der Waals surface area (Å²) in [6.07, 6.45) is 6.48. The van der Waals surface area contributed by atoms with Gasteiger partial charge in [0.15, 0.2) is 0 Å². The molecule has 3 nitrogen and oxygen atoms in total. The molecule has 0 amide bonds. The van der Waals surface area contributed by atoms with E-state index < -0.39 is 6.04 Å². The van der Waals surface area contributed by atoms with Crippen LogP contribution in [0.25, 0.3) is 0 Å². The van der Waals surface area contributed by atoms with Crippen LogP contribution in [0, 0.1) is 0 Å². The van der Waals surface area contributed by atoms with Gasteiger partial charge in [0.05, 0.1) is 6.61 Å². The molecule has 0 aliphatic carbocycles. The summed E-state index contributed by atoms with van der Waals surface area (Å²) in [5.74, 6) is -0.261. The Labute approximate surface area is 87.0 Å². The Bertz CT molecular complexity index is 148. The monoisotopic (exact) mass is 201 g/mol. The van der Waals surface area contributed by atoms with Gasteiger partial charge in [0, 0.05) is 0 Å². The van der Waals surface area contributed by atoms with Gasteiger partial charge in [-0.05, 0) is 12.8 Å². The van der Waals surface area contributed by atoms with Crippen LogP contribution in [-0.4, -0.2) is 18.6 Å². The van der Waals surface area contributed by atoms with Crippen molar-refractivity contribution in [1.82, 2.24) is 0 Å². The second kappa shape index (κ2) is 9.00. The standard InChI is InChI=1S/C11H23NO2/c1-3-5-6-7-8-9-14-11(13)10(12)4-2/h10H,3-9,12H2,1-2H3. The lowest BCUT2D eigenvalue weighted by Crippen LogP contribution is -2.31. The van der Waals surface area contributed by atoms with E-state index in [0.717, 1.165) is 12.8 Å². The molecule has 14 heavy (non-hydrogen) atoms. The van der Waals surface area contributed by atoms with Crippen molar-refractivity contribution in [1.29, 1.82) is 0 Å². The van der Waals surface area contributed by atoms with Crippen molar-refractivity contribution < 1.29 is 9.53 Å². The van der Waals surface area contributed by atoms with Crippen molar-refractivity contribution in [3.63, 3.8) is 0 Å². The number of hydrogen-bond acceptors (Lipinski definition) is 3. The fourth-order valence-corrected chi connectivity index (χ4v) is 1.15. The number of esters is 1. The average Bonchev–Trinajstić information content (AvgIpc) is 2.21. The van der Waals surface area contributed by atoms with Gasteiger partial charge in [-0.15, -0.1) is 0 Å². The first kappa shape index (κ1) is 13.4. The third kappa shape index (κ3) is 6.89. The van der Waals surface area contributed by atoms with Crippen molar-refractivity contribution in [3.8, 4) is 0 Å². The van der Waals surface area contributed by atoms with Gasteiger partial charge in [-0.25, -0.2) is 0 Å². The minimum atomic E-state index is -0.439. The lowest BCUT2D eigenvalue weighted by Gasteiger charge is -2.08. The number of ether oxygens (including phenoxy) is 1. The highest BCUT2D eigenvalue weighted by Crippen LogP contribution is 2.02. The molecule has 1 unspecified atom stereocenters. The predicted molar refractivity (Wildman–Crippen MR) is 58.0 cm³/mol. The van der Waals surface area contributed by atoms with Gasteiger partial charge >= 0.3 is 5.97 Å². The first-order chi connectivity index (χ1) is 6.72. The first-order valence-electron chi connectivity index (χ1n) is 5.64. The molecule has 0 bridgehead atoms. The van der Waals surface area contributed by atoms with Crippen molar-refractivity contribution in [2.45, 2.75) is 58.4 Å². The second-order valence-electron chi connectivity index (χ2n) is 3.60. The zero-order valence-electron chi connectivity index (χ0n) is 9.42. The van der Waals surface area contributed by atoms with Crippen molar-refractivity contribution in [2.75, 3.05) is 6.61 Å². The first-order valence-corrected chi connectivity index (χ1v) is 5.64. The number of carbonyl (C=O) groups is 1. The number of rotatable bonds is 8. The predicted octanol–water partition coefficient (Wildman–Crippen LogP) is 2.24. The minimum Gasteiger partial charge on any atom is -0.465 e. The van der Waals surface area contributed by atoms with Crippen molar-refractivity contribution in [3.05, 3.63) is 0 Å². The Morgan fingerprint density at radius 3 is 2.43 bits per heavy atom. The van der Waals surface area contributed by atoms with Gasteiger partial charge in [0.1, 0.15) is 6.04 Å². The SMILES string of the molecule is CCCCCCCOC(=O)C(N)CC. The molecule has 84 valence electrons. The van der Waals surface area contributed by atoms with Crippen LogP contribution in [0.4, 0.5) is 0 Å². The zero-order valence-corrected chi connectivity index (χ0v) is 9.42. The minimum absolute atomic E-state index is 0.261. The van der Waals surface area contributed by atoms with E-state index in [1.165, 1.54) is 19.3 Å². The summed E-state index contributed by atoms with van der Waals surface area (Å²) in [5.41, 5.74) is 5.50. The van der Waals surface area contributed by atoms with E-state index in [-0.39, 0.29) is 5.97 Å². The summed E-state index contributed by atoms with van der Waals surface area (Å²) in [7, 11) is 0. The molecule has 0 spiro atoms. The smallest absolute Gasteiger partial charge is 0.322 e. The summed E-state index contributed by atoms with van der Waals surface area (Å²) in [4.78, 5) is 11.1. The molecule has 0 radical (unpaired) electrons. The Hall–Kier alpha value is -0.570. The maximum absolute atomic E-state index is 11.1. The van der Waals surface area contributed by atoms with Crippen LogP contribution in [0.5, 0.6) is 0 Å². The Morgan fingerprint density at radius 1 is 1.21 bits per heavy atom. The molecule has 0 aromatic heterocycles. The van der Waals surface area contributed by atoms with Crippen LogP contribution in [0.15, 0.2) is 0 Å². The molecule has 0 saturated heterocycles. The zero-order chi connectivity index (χ0) is 10.8. The molecule has 0 aliphatic heterocycles. The summed E-state index contributed by atoms with van der Waals surface area (Å²) >= 11 is 0. The molecule has 0 rings (SSSR count). The molecular weight excluding hydrogens is 178 g/mol. The highest BCUT2D eigenvalue weighted by atomic mass is 16.5. The molecular formula is C11H23NO2. The average molecular weight is 201 g/mol. The fourth-order valence-electron chi connectivity index (χ4n) is 1.15. The van der Waals surface area contributed by atoms with Crippen LogP contribution in [0.2, 0.25) is 0 Å². The summed E-state index contributed by atoms with van der Waals surface area (Å²) < 4.78 is 5.01. The normalized spacial score (nSPS) is 12.5. The topological polar surface area (TPSA) is 52.3 Å². The van der Waals surface area contributed by atoms with Gasteiger partial charge in [0.25, 0.3) is 0 Å². The van der Waals surface area contributed by atoms with Gasteiger partial charge in [-0.3, -0.25) is 4.79 Å². The molecule has 0 aromatic rings. The number of hydrogen-bond donors (Lipinski definition) is 1. The van der Waals surface area contributed by atoms with E-state index in [2.05, 4.69) is 6.92 Å². The molecule has 0 aliphatic rings. The van der Waals surface area contributed by atoms with Crippen molar-refractivity contribution >= 4 is 5.97 Å². The van der Waals surface area contributed by atoms with E-state index >= 15 is 0 Å². The third-order valence-electron chi connectivity index (χ3n) is 2.23. The Morgan fingerprint density at radius 2 is 1.86 bits per heavy atom. The lowest BCUT2D eigenvalue weighted by molar-refractivity contribution is -0.145. The van der Waals surface area contributed by atoms with Gasteiger partial charge in [-0.2, -0.15) is 0 Å². The van der Waals surface area contributed by atoms with E-state index in [1.807, 2.05) is 6.92 Å². The van der Waals surface area contributed by atoms with Crippen LogP contribution in [0.1, 0.15) is 52.4 Å². The van der Waals surface area contributed by atoms with Crippen molar-refractivity contribution in [2.24, 2.45) is 5.73 Å². The Kier molecular flexibility index (Phi) is 8.64. The molecule has 0 aromatic carbocycles. The van der Waals surface area contributed by atoms with Gasteiger partial charge in [-0.1, -0.05) is 39.5 Å². The van der Waals surface area contributed by atoms with Gasteiger partial charge in [0.2, 0.25) is 0 Å². The molecule has 0 saturated carbocycles. The van der Waals surface area contributed by atoms with Crippen LogP contribution in [0.3, 0.4) is 0 Å². The number of unbranched alkanes of at least 4 members (excludes halogenated alkanes) is 4. The van der Waals surface area contributed by atoms with E-state index in [9.17, 15) is 4.79 Å². The largest absolute Gasteiger partial charge is 0.465 e.